The summed E-state index contributed by atoms with van der Waals surface area (Å²) in [4.78, 5) is 0. The van der Waals surface area contributed by atoms with E-state index in [1.165, 1.54) is 64.2 Å². The Morgan fingerprint density at radius 3 is 1.95 bits per heavy atom. The monoisotopic (exact) mass is 294 g/mol. The van der Waals surface area contributed by atoms with Crippen molar-refractivity contribution in [3.05, 3.63) is 24.0 Å². The van der Waals surface area contributed by atoms with Gasteiger partial charge in [0.1, 0.15) is 0 Å². The van der Waals surface area contributed by atoms with Gasteiger partial charge in [-0.05, 0) is 12.5 Å². The number of allylic oxidation sites excluding steroid dienone is 2. The van der Waals surface area contributed by atoms with Gasteiger partial charge in [-0.1, -0.05) is 89.7 Å². The lowest BCUT2D eigenvalue weighted by atomic mass is 9.88. The van der Waals surface area contributed by atoms with Gasteiger partial charge in [-0.3, -0.25) is 0 Å². The summed E-state index contributed by atoms with van der Waals surface area (Å²) in [5, 5.41) is 19.8. The highest BCUT2D eigenvalue weighted by Gasteiger charge is 2.26. The third-order valence-corrected chi connectivity index (χ3v) is 4.40. The molecule has 0 aromatic rings. The highest BCUT2D eigenvalue weighted by molar-refractivity contribution is 5.20. The van der Waals surface area contributed by atoms with Crippen molar-refractivity contribution in [2.24, 2.45) is 0 Å². The molecule has 21 heavy (non-hydrogen) atoms. The molecular formula is C19H34O2. The van der Waals surface area contributed by atoms with Crippen LogP contribution in [0.5, 0.6) is 0 Å². The second-order valence-electron chi connectivity index (χ2n) is 6.58. The molecule has 0 radical (unpaired) electrons. The molecule has 2 N–H and O–H groups in total. The minimum atomic E-state index is -0.807. The maximum atomic E-state index is 10.3. The number of aliphatic hydroxyl groups is 2. The Hall–Kier alpha value is -0.760. The van der Waals surface area contributed by atoms with Gasteiger partial charge in [0.25, 0.3) is 0 Å². The van der Waals surface area contributed by atoms with Crippen LogP contribution in [0.3, 0.4) is 0 Å². The molecule has 1 unspecified atom stereocenters. The first-order valence-electron chi connectivity index (χ1n) is 8.96. The zero-order chi connectivity index (χ0) is 15.4. The van der Waals surface area contributed by atoms with Gasteiger partial charge in [0.15, 0.2) is 0 Å². The Balaban J connectivity index is 1.89. The second kappa shape index (κ2) is 10.9. The molecule has 1 rings (SSSR count). The summed E-state index contributed by atoms with van der Waals surface area (Å²) < 4.78 is 0. The number of hydrogen-bond donors (Lipinski definition) is 2. The van der Waals surface area contributed by atoms with Crippen LogP contribution in [0.15, 0.2) is 24.0 Å². The van der Waals surface area contributed by atoms with E-state index in [0.717, 1.165) is 12.8 Å². The van der Waals surface area contributed by atoms with E-state index >= 15 is 0 Å². The van der Waals surface area contributed by atoms with Gasteiger partial charge in [-0.2, -0.15) is 0 Å². The lowest BCUT2D eigenvalue weighted by Crippen LogP contribution is -2.27. The molecule has 1 aliphatic rings. The molecule has 1 atom stereocenters. The van der Waals surface area contributed by atoms with Crippen LogP contribution in [0.4, 0.5) is 0 Å². The highest BCUT2D eigenvalue weighted by atomic mass is 16.3. The molecule has 0 aliphatic heterocycles. The standard InChI is InChI=1S/C19H34O2/c1-2-3-4-5-6-7-8-9-10-11-12-15-19(21)16-13-14-18(20)17-19/h13-14,16,20-21H,2-12,15,17H2,1H3. The van der Waals surface area contributed by atoms with Crippen LogP contribution in [0.25, 0.3) is 0 Å². The van der Waals surface area contributed by atoms with Crippen molar-refractivity contribution in [1.29, 1.82) is 0 Å². The number of rotatable bonds is 12. The van der Waals surface area contributed by atoms with Gasteiger partial charge in [0.2, 0.25) is 0 Å². The average molecular weight is 294 g/mol. The Morgan fingerprint density at radius 1 is 0.905 bits per heavy atom. The van der Waals surface area contributed by atoms with E-state index in [4.69, 9.17) is 0 Å². The van der Waals surface area contributed by atoms with Crippen LogP contribution in [0.1, 0.15) is 90.4 Å². The zero-order valence-corrected chi connectivity index (χ0v) is 13.8. The van der Waals surface area contributed by atoms with Gasteiger partial charge in [0, 0.05) is 6.42 Å². The summed E-state index contributed by atoms with van der Waals surface area (Å²) >= 11 is 0. The minimum Gasteiger partial charge on any atom is -0.512 e. The summed E-state index contributed by atoms with van der Waals surface area (Å²) in [6.07, 6.45) is 20.9. The zero-order valence-electron chi connectivity index (χ0n) is 13.8. The number of unbranched alkanes of at least 4 members (excludes halogenated alkanes) is 10. The van der Waals surface area contributed by atoms with Crippen molar-refractivity contribution in [3.8, 4) is 0 Å². The lowest BCUT2D eigenvalue weighted by Gasteiger charge is -2.26. The minimum absolute atomic E-state index is 0.295. The van der Waals surface area contributed by atoms with E-state index < -0.39 is 5.60 Å². The predicted molar refractivity (Wildman–Crippen MR) is 90.5 cm³/mol. The van der Waals surface area contributed by atoms with E-state index in [1.807, 2.05) is 6.08 Å². The summed E-state index contributed by atoms with van der Waals surface area (Å²) in [6.45, 7) is 2.26. The van der Waals surface area contributed by atoms with Crippen LogP contribution in [-0.4, -0.2) is 15.8 Å². The Bertz CT molecular complexity index is 320. The van der Waals surface area contributed by atoms with E-state index in [9.17, 15) is 10.2 Å². The first-order valence-corrected chi connectivity index (χ1v) is 8.96. The molecule has 0 amide bonds. The van der Waals surface area contributed by atoms with E-state index in [1.54, 1.807) is 12.2 Å². The van der Waals surface area contributed by atoms with Gasteiger partial charge in [0.05, 0.1) is 11.4 Å². The molecule has 1 aliphatic carbocycles. The molecule has 0 heterocycles. The second-order valence-corrected chi connectivity index (χ2v) is 6.58. The number of hydrogen-bond acceptors (Lipinski definition) is 2. The molecule has 0 fully saturated rings. The third kappa shape index (κ3) is 8.98. The van der Waals surface area contributed by atoms with Crippen molar-refractivity contribution in [2.75, 3.05) is 0 Å². The van der Waals surface area contributed by atoms with E-state index in [0.29, 0.717) is 12.2 Å². The molecule has 2 heteroatoms. The van der Waals surface area contributed by atoms with E-state index in [2.05, 4.69) is 6.92 Å². The Labute approximate surface area is 131 Å². The van der Waals surface area contributed by atoms with Crippen molar-refractivity contribution < 1.29 is 10.2 Å². The van der Waals surface area contributed by atoms with Crippen LogP contribution in [0.2, 0.25) is 0 Å². The van der Waals surface area contributed by atoms with Crippen LogP contribution in [0, 0.1) is 0 Å². The molecule has 0 bridgehead atoms. The van der Waals surface area contributed by atoms with Crippen LogP contribution < -0.4 is 0 Å². The summed E-state index contributed by atoms with van der Waals surface area (Å²) in [5.74, 6) is 0.295. The van der Waals surface area contributed by atoms with Crippen molar-refractivity contribution in [1.82, 2.24) is 0 Å². The summed E-state index contributed by atoms with van der Waals surface area (Å²) in [6, 6.07) is 0. The van der Waals surface area contributed by atoms with Gasteiger partial charge in [-0.15, -0.1) is 0 Å². The van der Waals surface area contributed by atoms with Gasteiger partial charge in [-0.25, -0.2) is 0 Å². The summed E-state index contributed by atoms with van der Waals surface area (Å²) in [5.41, 5.74) is -0.807. The molecule has 0 aromatic heterocycles. The predicted octanol–water partition coefficient (Wildman–Crippen LogP) is 5.82. The van der Waals surface area contributed by atoms with Gasteiger partial charge >= 0.3 is 0 Å². The SMILES string of the molecule is CCCCCCCCCCCCCC1(O)C=CC=C(O)C1. The lowest BCUT2D eigenvalue weighted by molar-refractivity contribution is 0.0655. The summed E-state index contributed by atoms with van der Waals surface area (Å²) in [7, 11) is 0. The molecule has 0 aromatic carbocycles. The van der Waals surface area contributed by atoms with Crippen LogP contribution in [-0.2, 0) is 0 Å². The van der Waals surface area contributed by atoms with Crippen LogP contribution >= 0.6 is 0 Å². The molecule has 0 saturated heterocycles. The highest BCUT2D eigenvalue weighted by Crippen LogP contribution is 2.27. The van der Waals surface area contributed by atoms with Gasteiger partial charge < -0.3 is 10.2 Å². The normalized spacial score (nSPS) is 21.5. The van der Waals surface area contributed by atoms with Crippen molar-refractivity contribution in [2.45, 2.75) is 96.0 Å². The van der Waals surface area contributed by atoms with Crippen molar-refractivity contribution in [3.63, 3.8) is 0 Å². The Kier molecular flexibility index (Phi) is 9.49. The maximum absolute atomic E-state index is 10.3. The quantitative estimate of drug-likeness (QED) is 0.445. The molecule has 0 saturated carbocycles. The smallest absolute Gasteiger partial charge is 0.0954 e. The fraction of sp³-hybridized carbons (Fsp3) is 0.789. The first-order chi connectivity index (χ1) is 10.2. The average Bonchev–Trinajstić information content (AvgIpc) is 2.44. The molecule has 122 valence electrons. The van der Waals surface area contributed by atoms with Crippen molar-refractivity contribution >= 4 is 0 Å². The number of aliphatic hydroxyl groups excluding tert-OH is 1. The first kappa shape index (κ1) is 18.3. The fourth-order valence-electron chi connectivity index (χ4n) is 3.04. The topological polar surface area (TPSA) is 40.5 Å². The Morgan fingerprint density at radius 2 is 1.43 bits per heavy atom. The molecule has 2 nitrogen and oxygen atoms in total. The molecule has 0 spiro atoms. The maximum Gasteiger partial charge on any atom is 0.0954 e. The largest absolute Gasteiger partial charge is 0.512 e. The molecular weight excluding hydrogens is 260 g/mol. The fourth-order valence-corrected chi connectivity index (χ4v) is 3.04. The third-order valence-electron chi connectivity index (χ3n) is 4.40. The van der Waals surface area contributed by atoms with E-state index in [-0.39, 0.29) is 0 Å².